The molecule has 0 aliphatic carbocycles. The molecule has 18 heavy (non-hydrogen) atoms. The average Bonchev–Trinajstić information content (AvgIpc) is 2.39. The van der Waals surface area contributed by atoms with E-state index < -0.39 is 0 Å². The molecular formula is C11H15ClN4O2. The van der Waals surface area contributed by atoms with Crippen molar-refractivity contribution in [2.45, 2.75) is 13.0 Å². The smallest absolute Gasteiger partial charge is 0.245 e. The van der Waals surface area contributed by atoms with Gasteiger partial charge in [0.1, 0.15) is 23.3 Å². The molecule has 1 aromatic rings. The molecule has 98 valence electrons. The van der Waals surface area contributed by atoms with E-state index in [1.165, 1.54) is 6.33 Å². The predicted octanol–water partition coefficient (Wildman–Crippen LogP) is 0.471. The Morgan fingerprint density at radius 3 is 3.22 bits per heavy atom. The second-order valence-electron chi connectivity index (χ2n) is 3.88. The van der Waals surface area contributed by atoms with Crippen LogP contribution in [0, 0.1) is 0 Å². The first-order valence-electron chi connectivity index (χ1n) is 5.82. The number of aromatic nitrogens is 2. The van der Waals surface area contributed by atoms with E-state index in [4.69, 9.17) is 16.3 Å². The summed E-state index contributed by atoms with van der Waals surface area (Å²) in [6, 6.07) is 1.28. The molecule has 0 bridgehead atoms. The summed E-state index contributed by atoms with van der Waals surface area (Å²) in [5.74, 6) is 0.585. The van der Waals surface area contributed by atoms with Gasteiger partial charge in [-0.25, -0.2) is 9.97 Å². The molecule has 1 aliphatic rings. The van der Waals surface area contributed by atoms with E-state index in [1.54, 1.807) is 6.07 Å². The second kappa shape index (κ2) is 5.97. The molecule has 0 spiro atoms. The van der Waals surface area contributed by atoms with Crippen molar-refractivity contribution in [3.05, 3.63) is 17.5 Å². The van der Waals surface area contributed by atoms with Crippen LogP contribution in [0.3, 0.4) is 0 Å². The van der Waals surface area contributed by atoms with Crippen molar-refractivity contribution in [2.24, 2.45) is 0 Å². The van der Waals surface area contributed by atoms with Crippen LogP contribution in [-0.4, -0.2) is 48.2 Å². The summed E-state index contributed by atoms with van der Waals surface area (Å²) in [7, 11) is 0. The van der Waals surface area contributed by atoms with Crippen LogP contribution in [0.5, 0.6) is 0 Å². The van der Waals surface area contributed by atoms with E-state index in [0.717, 1.165) is 0 Å². The summed E-state index contributed by atoms with van der Waals surface area (Å²) in [6.45, 7) is 4.00. The lowest BCUT2D eigenvalue weighted by Gasteiger charge is -2.35. The van der Waals surface area contributed by atoms with Crippen molar-refractivity contribution < 1.29 is 9.53 Å². The number of rotatable bonds is 3. The highest BCUT2D eigenvalue weighted by Gasteiger charge is 2.30. The molecule has 0 radical (unpaired) electrons. The maximum Gasteiger partial charge on any atom is 0.245 e. The van der Waals surface area contributed by atoms with E-state index in [-0.39, 0.29) is 11.9 Å². The number of anilines is 1. The van der Waals surface area contributed by atoms with Crippen LogP contribution in [-0.2, 0) is 9.53 Å². The van der Waals surface area contributed by atoms with Gasteiger partial charge in [0, 0.05) is 19.2 Å². The number of nitrogens with zero attached hydrogens (tertiary/aromatic N) is 3. The maximum absolute atomic E-state index is 12.0. The monoisotopic (exact) mass is 270 g/mol. The van der Waals surface area contributed by atoms with Crippen LogP contribution in [0.2, 0.25) is 5.15 Å². The lowest BCUT2D eigenvalue weighted by atomic mass is 10.2. The number of hydrogen-bond donors (Lipinski definition) is 1. The number of morpholine rings is 1. The van der Waals surface area contributed by atoms with Crippen molar-refractivity contribution in [2.75, 3.05) is 31.2 Å². The Labute approximate surface area is 110 Å². The van der Waals surface area contributed by atoms with Gasteiger partial charge in [0.05, 0.1) is 13.2 Å². The largest absolute Gasteiger partial charge is 0.377 e. The Bertz CT molecular complexity index is 429. The molecule has 6 nitrogen and oxygen atoms in total. The van der Waals surface area contributed by atoms with Gasteiger partial charge < -0.3 is 15.0 Å². The molecule has 2 rings (SSSR count). The quantitative estimate of drug-likeness (QED) is 0.809. The summed E-state index contributed by atoms with van der Waals surface area (Å²) in [5, 5.41) is 3.15. The molecule has 1 saturated heterocycles. The number of likely N-dealkylation sites (N-methyl/N-ethyl adjacent to an activating group) is 1. The minimum atomic E-state index is -0.371. The number of nitrogens with one attached hydrogen (secondary N) is 1. The molecule has 2 heterocycles. The van der Waals surface area contributed by atoms with Gasteiger partial charge in [-0.2, -0.15) is 0 Å². The van der Waals surface area contributed by atoms with Gasteiger partial charge in [0.2, 0.25) is 5.91 Å². The molecule has 7 heteroatoms. The Balaban J connectivity index is 2.20. The fraction of sp³-hybridized carbons (Fsp3) is 0.545. The first-order valence-corrected chi connectivity index (χ1v) is 6.19. The lowest BCUT2D eigenvalue weighted by Crippen LogP contribution is -2.54. The average molecular weight is 271 g/mol. The van der Waals surface area contributed by atoms with Crippen LogP contribution in [0.25, 0.3) is 0 Å². The fourth-order valence-corrected chi connectivity index (χ4v) is 2.01. The van der Waals surface area contributed by atoms with Crippen molar-refractivity contribution in [1.29, 1.82) is 0 Å². The number of halogens is 1. The normalized spacial score (nSPS) is 19.7. The van der Waals surface area contributed by atoms with Crippen molar-refractivity contribution in [3.8, 4) is 0 Å². The Hall–Kier alpha value is -1.40. The highest BCUT2D eigenvalue weighted by Crippen LogP contribution is 2.19. The molecular weight excluding hydrogens is 256 g/mol. The first-order chi connectivity index (χ1) is 8.72. The molecule has 1 unspecified atom stereocenters. The zero-order valence-electron chi connectivity index (χ0n) is 10.1. The molecule has 1 N–H and O–H groups in total. The second-order valence-corrected chi connectivity index (χ2v) is 4.26. The maximum atomic E-state index is 12.0. The molecule has 1 atom stereocenters. The van der Waals surface area contributed by atoms with E-state index >= 15 is 0 Å². The zero-order chi connectivity index (χ0) is 13.0. The fourth-order valence-electron chi connectivity index (χ4n) is 1.87. The van der Waals surface area contributed by atoms with Crippen molar-refractivity contribution in [3.63, 3.8) is 0 Å². The van der Waals surface area contributed by atoms with Gasteiger partial charge in [-0.3, -0.25) is 4.79 Å². The van der Waals surface area contributed by atoms with Crippen LogP contribution in [0.1, 0.15) is 6.92 Å². The zero-order valence-corrected chi connectivity index (χ0v) is 10.9. The number of hydrogen-bond acceptors (Lipinski definition) is 5. The lowest BCUT2D eigenvalue weighted by molar-refractivity contribution is -0.124. The molecule has 0 saturated carbocycles. The Morgan fingerprint density at radius 2 is 2.50 bits per heavy atom. The highest BCUT2D eigenvalue weighted by molar-refractivity contribution is 6.29. The minimum Gasteiger partial charge on any atom is -0.377 e. The molecule has 0 aromatic carbocycles. The highest BCUT2D eigenvalue weighted by atomic mass is 35.5. The van der Waals surface area contributed by atoms with Gasteiger partial charge in [-0.05, 0) is 6.92 Å². The van der Waals surface area contributed by atoms with Gasteiger partial charge in [0.15, 0.2) is 0 Å². The Morgan fingerprint density at radius 1 is 1.67 bits per heavy atom. The summed E-state index contributed by atoms with van der Waals surface area (Å²) >= 11 is 5.84. The van der Waals surface area contributed by atoms with Gasteiger partial charge in [-0.15, -0.1) is 0 Å². The van der Waals surface area contributed by atoms with Crippen molar-refractivity contribution >= 4 is 23.3 Å². The van der Waals surface area contributed by atoms with Gasteiger partial charge in [0.25, 0.3) is 0 Å². The SMILES string of the molecule is CCNC(=O)C1COCCN1c1cc(Cl)ncn1. The summed E-state index contributed by atoms with van der Waals surface area (Å²) in [5.41, 5.74) is 0. The van der Waals surface area contributed by atoms with E-state index in [1.807, 2.05) is 11.8 Å². The third kappa shape index (κ3) is 2.88. The minimum absolute atomic E-state index is 0.0630. The Kier molecular flexibility index (Phi) is 4.33. The van der Waals surface area contributed by atoms with Crippen molar-refractivity contribution in [1.82, 2.24) is 15.3 Å². The molecule has 1 amide bonds. The molecule has 1 fully saturated rings. The molecule has 1 aliphatic heterocycles. The van der Waals surface area contributed by atoms with Gasteiger partial charge in [-0.1, -0.05) is 11.6 Å². The van der Waals surface area contributed by atoms with E-state index in [2.05, 4.69) is 15.3 Å². The van der Waals surface area contributed by atoms with Crippen LogP contribution in [0.4, 0.5) is 5.82 Å². The topological polar surface area (TPSA) is 67.3 Å². The molecule has 1 aromatic heterocycles. The number of carbonyl (C=O) groups is 1. The van der Waals surface area contributed by atoms with Crippen LogP contribution < -0.4 is 10.2 Å². The first kappa shape index (κ1) is 13.0. The number of carbonyl (C=O) groups excluding carboxylic acids is 1. The third-order valence-electron chi connectivity index (χ3n) is 2.70. The summed E-state index contributed by atoms with van der Waals surface area (Å²) in [6.07, 6.45) is 1.39. The van der Waals surface area contributed by atoms with Crippen LogP contribution in [0.15, 0.2) is 12.4 Å². The standard InChI is InChI=1S/C11H15ClN4O2/c1-2-13-11(17)8-6-18-4-3-16(8)10-5-9(12)14-7-15-10/h5,7-8H,2-4,6H2,1H3,(H,13,17). The third-order valence-corrected chi connectivity index (χ3v) is 2.90. The summed E-state index contributed by atoms with van der Waals surface area (Å²) < 4.78 is 5.35. The summed E-state index contributed by atoms with van der Waals surface area (Å²) in [4.78, 5) is 21.8. The number of amides is 1. The van der Waals surface area contributed by atoms with Gasteiger partial charge >= 0.3 is 0 Å². The van der Waals surface area contributed by atoms with Crippen LogP contribution >= 0.6 is 11.6 Å². The van der Waals surface area contributed by atoms with E-state index in [0.29, 0.717) is 37.3 Å². The van der Waals surface area contributed by atoms with E-state index in [9.17, 15) is 4.79 Å². The number of ether oxygens (including phenoxy) is 1. The predicted molar refractivity (Wildman–Crippen MR) is 67.7 cm³/mol.